The zero-order valence-corrected chi connectivity index (χ0v) is 14.7. The normalized spacial score (nSPS) is 10.8. The Morgan fingerprint density at radius 1 is 1.29 bits per heavy atom. The van der Waals surface area contributed by atoms with Crippen LogP contribution in [0.2, 0.25) is 0 Å². The monoisotopic (exact) mass is 385 g/mol. The Labute approximate surface area is 149 Å². The molecule has 0 heterocycles. The van der Waals surface area contributed by atoms with Crippen LogP contribution in [0.1, 0.15) is 24.5 Å². The minimum atomic E-state index is -0.385. The molecule has 2 aromatic carbocycles. The molecule has 5 nitrogen and oxygen atoms in total. The molecular weight excluding hydrogens is 370 g/mol. The van der Waals surface area contributed by atoms with Crippen molar-refractivity contribution in [2.24, 2.45) is 5.10 Å². The van der Waals surface area contributed by atoms with Crippen LogP contribution in [0.4, 0.5) is 0 Å². The molecule has 0 aliphatic rings. The second-order valence-corrected chi connectivity index (χ2v) is 5.77. The van der Waals surface area contributed by atoms with E-state index in [1.807, 2.05) is 37.3 Å². The van der Waals surface area contributed by atoms with E-state index >= 15 is 0 Å². The van der Waals surface area contributed by atoms with Gasteiger partial charge in [0.15, 0.2) is 6.61 Å². The van der Waals surface area contributed by atoms with Crippen molar-refractivity contribution in [3.8, 4) is 11.8 Å². The summed E-state index contributed by atoms with van der Waals surface area (Å²) in [6.45, 7) is 1.75. The number of carbonyl (C=O) groups is 1. The first kappa shape index (κ1) is 17.7. The van der Waals surface area contributed by atoms with Gasteiger partial charge in [0.2, 0.25) is 0 Å². The van der Waals surface area contributed by atoms with Gasteiger partial charge in [-0.3, -0.25) is 4.79 Å². The van der Waals surface area contributed by atoms with E-state index in [0.717, 1.165) is 15.7 Å². The summed E-state index contributed by atoms with van der Waals surface area (Å²) in [6, 6.07) is 16.5. The van der Waals surface area contributed by atoms with E-state index in [9.17, 15) is 4.79 Å². The molecule has 0 saturated carbocycles. The summed E-state index contributed by atoms with van der Waals surface area (Å²) < 4.78 is 6.32. The van der Waals surface area contributed by atoms with Crippen LogP contribution < -0.4 is 10.2 Å². The fourth-order valence-corrected chi connectivity index (χ4v) is 2.41. The summed E-state index contributed by atoms with van der Waals surface area (Å²) in [4.78, 5) is 11.9. The van der Waals surface area contributed by atoms with Crippen LogP contribution in [0, 0.1) is 11.3 Å². The zero-order chi connectivity index (χ0) is 17.4. The van der Waals surface area contributed by atoms with Gasteiger partial charge in [0, 0.05) is 4.47 Å². The third-order valence-corrected chi connectivity index (χ3v) is 3.67. The highest BCUT2D eigenvalue weighted by atomic mass is 79.9. The van der Waals surface area contributed by atoms with Crippen LogP contribution in [0.25, 0.3) is 0 Å². The number of halogens is 1. The molecule has 0 unspecified atom stereocenters. The Hall–Kier alpha value is -2.65. The predicted octanol–water partition coefficient (Wildman–Crippen LogP) is 3.63. The van der Waals surface area contributed by atoms with Crippen LogP contribution in [0.15, 0.2) is 58.1 Å². The number of carbonyl (C=O) groups excluding carboxylic acids is 1. The number of ether oxygens (including phenoxy) is 1. The Kier molecular flexibility index (Phi) is 6.52. The van der Waals surface area contributed by atoms with Gasteiger partial charge in [-0.05, 0) is 36.2 Å². The highest BCUT2D eigenvalue weighted by Gasteiger charge is 2.07. The molecule has 122 valence electrons. The molecule has 6 heteroatoms. The van der Waals surface area contributed by atoms with E-state index in [4.69, 9.17) is 10.00 Å². The third-order valence-electron chi connectivity index (χ3n) is 3.17. The van der Waals surface area contributed by atoms with E-state index in [-0.39, 0.29) is 12.5 Å². The standard InChI is InChI=1S/C18H16BrN3O2/c1-2-16(13-7-5-8-15(19)10-13)21-22-18(23)12-24-17-9-4-3-6-14(17)11-20/h3-10H,2,12H2,1H3,(H,22,23)/b21-16-. The maximum absolute atomic E-state index is 11.9. The number of nitrogens with one attached hydrogen (secondary N) is 1. The Morgan fingerprint density at radius 3 is 2.79 bits per heavy atom. The minimum absolute atomic E-state index is 0.211. The summed E-state index contributed by atoms with van der Waals surface area (Å²) in [7, 11) is 0. The van der Waals surface area contributed by atoms with Gasteiger partial charge in [-0.25, -0.2) is 5.43 Å². The number of para-hydroxylation sites is 1. The third kappa shape index (κ3) is 4.93. The van der Waals surface area contributed by atoms with Gasteiger partial charge in [0.05, 0.1) is 11.3 Å². The van der Waals surface area contributed by atoms with Gasteiger partial charge in [-0.2, -0.15) is 10.4 Å². The van der Waals surface area contributed by atoms with Crippen molar-refractivity contribution in [3.05, 3.63) is 64.1 Å². The lowest BCUT2D eigenvalue weighted by Gasteiger charge is -2.08. The van der Waals surface area contributed by atoms with E-state index in [1.165, 1.54) is 0 Å². The number of amides is 1. The van der Waals surface area contributed by atoms with Crippen LogP contribution in [-0.4, -0.2) is 18.2 Å². The molecule has 1 amide bonds. The van der Waals surface area contributed by atoms with Gasteiger partial charge in [-0.15, -0.1) is 0 Å². The molecule has 0 bridgehead atoms. The number of hydrazone groups is 1. The molecule has 0 saturated heterocycles. The van der Waals surface area contributed by atoms with Crippen LogP contribution in [0.5, 0.6) is 5.75 Å². The van der Waals surface area contributed by atoms with E-state index in [0.29, 0.717) is 17.7 Å². The molecule has 0 radical (unpaired) electrons. The lowest BCUT2D eigenvalue weighted by Crippen LogP contribution is -2.26. The summed E-state index contributed by atoms with van der Waals surface area (Å²) in [6.07, 6.45) is 0.675. The fourth-order valence-electron chi connectivity index (χ4n) is 2.01. The summed E-state index contributed by atoms with van der Waals surface area (Å²) >= 11 is 3.42. The molecule has 2 rings (SSSR count). The average molecular weight is 386 g/mol. The van der Waals surface area contributed by atoms with Gasteiger partial charge in [0.25, 0.3) is 5.91 Å². The lowest BCUT2D eigenvalue weighted by molar-refractivity contribution is -0.123. The van der Waals surface area contributed by atoms with E-state index < -0.39 is 0 Å². The van der Waals surface area contributed by atoms with Crippen molar-refractivity contribution < 1.29 is 9.53 Å². The second kappa shape index (κ2) is 8.85. The minimum Gasteiger partial charge on any atom is -0.482 e. The zero-order valence-electron chi connectivity index (χ0n) is 13.1. The SMILES string of the molecule is CC/C(=N/NC(=O)COc1ccccc1C#N)c1cccc(Br)c1. The summed E-state index contributed by atoms with van der Waals surface area (Å²) in [5, 5.41) is 13.1. The molecule has 0 atom stereocenters. The Morgan fingerprint density at radius 2 is 2.08 bits per heavy atom. The van der Waals surface area contributed by atoms with Crippen molar-refractivity contribution in [2.45, 2.75) is 13.3 Å². The van der Waals surface area contributed by atoms with Crippen molar-refractivity contribution in [3.63, 3.8) is 0 Å². The Bertz CT molecular complexity index is 797. The first-order valence-corrected chi connectivity index (χ1v) is 8.16. The number of nitriles is 1. The van der Waals surface area contributed by atoms with Gasteiger partial charge < -0.3 is 4.74 Å². The van der Waals surface area contributed by atoms with Crippen molar-refractivity contribution in [1.29, 1.82) is 5.26 Å². The van der Waals surface area contributed by atoms with Crippen molar-refractivity contribution in [1.82, 2.24) is 5.43 Å². The topological polar surface area (TPSA) is 74.5 Å². The molecule has 0 spiro atoms. The molecule has 0 aromatic heterocycles. The maximum Gasteiger partial charge on any atom is 0.277 e. The lowest BCUT2D eigenvalue weighted by atomic mass is 10.1. The predicted molar refractivity (Wildman–Crippen MR) is 95.8 cm³/mol. The van der Waals surface area contributed by atoms with Crippen LogP contribution in [-0.2, 0) is 4.79 Å². The highest BCUT2D eigenvalue weighted by Crippen LogP contribution is 2.16. The van der Waals surface area contributed by atoms with E-state index in [1.54, 1.807) is 24.3 Å². The molecule has 1 N–H and O–H groups in total. The van der Waals surface area contributed by atoms with Gasteiger partial charge in [-0.1, -0.05) is 47.1 Å². The summed E-state index contributed by atoms with van der Waals surface area (Å²) in [5.74, 6) is -0.00877. The van der Waals surface area contributed by atoms with Crippen LogP contribution in [0.3, 0.4) is 0 Å². The molecule has 0 aliphatic heterocycles. The highest BCUT2D eigenvalue weighted by molar-refractivity contribution is 9.10. The van der Waals surface area contributed by atoms with Gasteiger partial charge >= 0.3 is 0 Å². The van der Waals surface area contributed by atoms with Gasteiger partial charge in [0.1, 0.15) is 11.8 Å². The largest absolute Gasteiger partial charge is 0.482 e. The fraction of sp³-hybridized carbons (Fsp3) is 0.167. The first-order chi connectivity index (χ1) is 11.6. The summed E-state index contributed by atoms with van der Waals surface area (Å²) in [5.41, 5.74) is 4.57. The first-order valence-electron chi connectivity index (χ1n) is 7.37. The molecular formula is C18H16BrN3O2. The molecule has 24 heavy (non-hydrogen) atoms. The quantitative estimate of drug-likeness (QED) is 0.609. The molecule has 0 fully saturated rings. The van der Waals surface area contributed by atoms with Crippen molar-refractivity contribution in [2.75, 3.05) is 6.61 Å². The number of nitrogens with zero attached hydrogens (tertiary/aromatic N) is 2. The molecule has 0 aliphatic carbocycles. The molecule has 2 aromatic rings. The number of hydrogen-bond acceptors (Lipinski definition) is 4. The maximum atomic E-state index is 11.9. The number of rotatable bonds is 6. The Balaban J connectivity index is 1.97. The average Bonchev–Trinajstić information content (AvgIpc) is 2.60. The second-order valence-electron chi connectivity index (χ2n) is 4.85. The van der Waals surface area contributed by atoms with Crippen molar-refractivity contribution >= 4 is 27.5 Å². The smallest absolute Gasteiger partial charge is 0.277 e. The number of hydrogen-bond donors (Lipinski definition) is 1. The number of benzene rings is 2. The van der Waals surface area contributed by atoms with E-state index in [2.05, 4.69) is 26.5 Å². The van der Waals surface area contributed by atoms with Crippen LogP contribution >= 0.6 is 15.9 Å².